The highest BCUT2D eigenvalue weighted by molar-refractivity contribution is 5.75. The van der Waals surface area contributed by atoms with E-state index in [-0.39, 0.29) is 18.3 Å². The number of rotatable bonds is 6. The van der Waals surface area contributed by atoms with E-state index >= 15 is 0 Å². The molecule has 0 bridgehead atoms. The van der Waals surface area contributed by atoms with E-state index in [9.17, 15) is 9.59 Å². The van der Waals surface area contributed by atoms with Crippen LogP contribution in [0.15, 0.2) is 63.8 Å². The fourth-order valence-corrected chi connectivity index (χ4v) is 2.52. The fraction of sp³-hybridized carbons (Fsp3) is 0.211. The van der Waals surface area contributed by atoms with E-state index in [1.165, 1.54) is 11.1 Å². The van der Waals surface area contributed by atoms with Crippen LogP contribution >= 0.6 is 0 Å². The van der Waals surface area contributed by atoms with Gasteiger partial charge in [0.25, 0.3) is 0 Å². The molecule has 0 aliphatic rings. The zero-order valence-corrected chi connectivity index (χ0v) is 13.9. The molecular weight excluding hydrogens is 318 g/mol. The molecule has 0 fully saturated rings. The smallest absolute Gasteiger partial charge is 0.388 e. The molecule has 0 saturated carbocycles. The van der Waals surface area contributed by atoms with Crippen molar-refractivity contribution in [3.63, 3.8) is 0 Å². The van der Waals surface area contributed by atoms with Crippen LogP contribution in [0.25, 0.3) is 11.5 Å². The lowest BCUT2D eigenvalue weighted by molar-refractivity contribution is -0.121. The molecule has 0 atom stereocenters. The van der Waals surface area contributed by atoms with E-state index in [0.717, 1.165) is 11.1 Å². The predicted molar refractivity (Wildman–Crippen MR) is 94.1 cm³/mol. The van der Waals surface area contributed by atoms with Crippen molar-refractivity contribution in [2.75, 3.05) is 6.54 Å². The number of amides is 1. The summed E-state index contributed by atoms with van der Waals surface area (Å²) in [5.41, 5.74) is 3.07. The second kappa shape index (κ2) is 7.61. The second-order valence-electron chi connectivity index (χ2n) is 5.72. The first-order valence-electron chi connectivity index (χ1n) is 8.08. The SMILES string of the molecule is Cc1ccccc1CCNC(=O)Cn1nc(-c2ccccc2)oc1=O. The van der Waals surface area contributed by atoms with Gasteiger partial charge in [-0.2, -0.15) is 4.68 Å². The van der Waals surface area contributed by atoms with Gasteiger partial charge in [0.2, 0.25) is 11.8 Å². The molecule has 0 aliphatic carbocycles. The first-order valence-corrected chi connectivity index (χ1v) is 8.08. The van der Waals surface area contributed by atoms with Crippen LogP contribution < -0.4 is 11.1 Å². The van der Waals surface area contributed by atoms with Gasteiger partial charge in [0.05, 0.1) is 0 Å². The molecule has 1 aromatic heterocycles. The lowest BCUT2D eigenvalue weighted by Gasteiger charge is -2.07. The Morgan fingerprint density at radius 1 is 1.12 bits per heavy atom. The van der Waals surface area contributed by atoms with Crippen molar-refractivity contribution in [3.05, 3.63) is 76.3 Å². The van der Waals surface area contributed by atoms with Crippen LogP contribution in [0.2, 0.25) is 0 Å². The van der Waals surface area contributed by atoms with Crippen molar-refractivity contribution in [1.29, 1.82) is 0 Å². The van der Waals surface area contributed by atoms with Gasteiger partial charge in [-0.05, 0) is 36.6 Å². The summed E-state index contributed by atoms with van der Waals surface area (Å²) in [5, 5.41) is 6.88. The minimum atomic E-state index is -0.645. The van der Waals surface area contributed by atoms with Gasteiger partial charge in [0.15, 0.2) is 0 Å². The molecule has 0 saturated heterocycles. The molecule has 0 unspecified atom stereocenters. The third-order valence-corrected chi connectivity index (χ3v) is 3.90. The predicted octanol–water partition coefficient (Wildman–Crippen LogP) is 2.17. The number of hydrogen-bond donors (Lipinski definition) is 1. The highest BCUT2D eigenvalue weighted by Gasteiger charge is 2.12. The number of nitrogens with zero attached hydrogens (tertiary/aromatic N) is 2. The van der Waals surface area contributed by atoms with Crippen molar-refractivity contribution in [2.45, 2.75) is 19.9 Å². The Hall–Kier alpha value is -3.15. The Morgan fingerprint density at radius 2 is 1.84 bits per heavy atom. The van der Waals surface area contributed by atoms with Crippen molar-refractivity contribution in [1.82, 2.24) is 15.1 Å². The number of hydrogen-bond acceptors (Lipinski definition) is 4. The van der Waals surface area contributed by atoms with Crippen molar-refractivity contribution in [3.8, 4) is 11.5 Å². The quantitative estimate of drug-likeness (QED) is 0.748. The minimum absolute atomic E-state index is 0.164. The average molecular weight is 337 g/mol. The highest BCUT2D eigenvalue weighted by Crippen LogP contribution is 2.13. The monoisotopic (exact) mass is 337 g/mol. The van der Waals surface area contributed by atoms with Crippen LogP contribution in [-0.4, -0.2) is 22.2 Å². The molecule has 0 spiro atoms. The van der Waals surface area contributed by atoms with Gasteiger partial charge in [-0.3, -0.25) is 4.79 Å². The van der Waals surface area contributed by atoms with Crippen LogP contribution in [0.3, 0.4) is 0 Å². The number of nitrogens with one attached hydrogen (secondary N) is 1. The van der Waals surface area contributed by atoms with Crippen LogP contribution in [-0.2, 0) is 17.8 Å². The number of aromatic nitrogens is 2. The van der Waals surface area contributed by atoms with E-state index in [4.69, 9.17) is 4.42 Å². The molecule has 128 valence electrons. The Labute approximate surface area is 145 Å². The van der Waals surface area contributed by atoms with E-state index in [1.54, 1.807) is 12.1 Å². The number of carbonyl (C=O) groups is 1. The van der Waals surface area contributed by atoms with E-state index < -0.39 is 5.76 Å². The Morgan fingerprint density at radius 3 is 2.60 bits per heavy atom. The van der Waals surface area contributed by atoms with Gasteiger partial charge in [0.1, 0.15) is 6.54 Å². The van der Waals surface area contributed by atoms with Gasteiger partial charge in [-0.25, -0.2) is 4.79 Å². The molecule has 0 aliphatic heterocycles. The maximum Gasteiger partial charge on any atom is 0.437 e. The number of carbonyl (C=O) groups excluding carboxylic acids is 1. The van der Waals surface area contributed by atoms with Crippen molar-refractivity contribution >= 4 is 5.91 Å². The van der Waals surface area contributed by atoms with Crippen LogP contribution in [0.5, 0.6) is 0 Å². The van der Waals surface area contributed by atoms with Gasteiger partial charge >= 0.3 is 5.76 Å². The summed E-state index contributed by atoms with van der Waals surface area (Å²) < 4.78 is 6.14. The Kier molecular flexibility index (Phi) is 5.09. The molecule has 6 nitrogen and oxygen atoms in total. The average Bonchev–Trinajstić information content (AvgIpc) is 2.98. The van der Waals surface area contributed by atoms with Crippen LogP contribution in [0, 0.1) is 6.92 Å². The third kappa shape index (κ3) is 4.23. The molecule has 25 heavy (non-hydrogen) atoms. The zero-order chi connectivity index (χ0) is 17.6. The second-order valence-corrected chi connectivity index (χ2v) is 5.72. The van der Waals surface area contributed by atoms with Crippen LogP contribution in [0.1, 0.15) is 11.1 Å². The largest absolute Gasteiger partial charge is 0.437 e. The van der Waals surface area contributed by atoms with Gasteiger partial charge in [-0.1, -0.05) is 42.5 Å². The van der Waals surface area contributed by atoms with E-state index in [0.29, 0.717) is 12.1 Å². The Balaban J connectivity index is 1.57. The van der Waals surface area contributed by atoms with Gasteiger partial charge < -0.3 is 9.73 Å². The molecular formula is C19H19N3O3. The zero-order valence-electron chi connectivity index (χ0n) is 13.9. The molecule has 3 aromatic rings. The van der Waals surface area contributed by atoms with Crippen LogP contribution in [0.4, 0.5) is 0 Å². The lowest BCUT2D eigenvalue weighted by Crippen LogP contribution is -2.32. The van der Waals surface area contributed by atoms with E-state index in [1.807, 2.05) is 49.4 Å². The molecule has 3 rings (SSSR count). The Bertz CT molecular complexity index is 913. The normalized spacial score (nSPS) is 10.6. The van der Waals surface area contributed by atoms with Crippen molar-refractivity contribution < 1.29 is 9.21 Å². The maximum absolute atomic E-state index is 12.0. The number of benzene rings is 2. The highest BCUT2D eigenvalue weighted by atomic mass is 16.4. The topological polar surface area (TPSA) is 77.1 Å². The fourth-order valence-electron chi connectivity index (χ4n) is 2.52. The summed E-state index contributed by atoms with van der Waals surface area (Å²) in [5.74, 6) is -0.713. The molecule has 1 amide bonds. The molecule has 1 heterocycles. The minimum Gasteiger partial charge on any atom is -0.388 e. The summed E-state index contributed by atoms with van der Waals surface area (Å²) >= 11 is 0. The summed E-state index contributed by atoms with van der Waals surface area (Å²) in [4.78, 5) is 23.9. The summed E-state index contributed by atoms with van der Waals surface area (Å²) in [6, 6.07) is 17.1. The molecule has 2 aromatic carbocycles. The van der Waals surface area contributed by atoms with Gasteiger partial charge in [0, 0.05) is 12.1 Å². The lowest BCUT2D eigenvalue weighted by atomic mass is 10.1. The molecule has 0 radical (unpaired) electrons. The summed E-state index contributed by atoms with van der Waals surface area (Å²) in [6.07, 6.45) is 0.737. The van der Waals surface area contributed by atoms with E-state index in [2.05, 4.69) is 10.4 Å². The molecule has 1 N–H and O–H groups in total. The molecule has 6 heteroatoms. The summed E-state index contributed by atoms with van der Waals surface area (Å²) in [6.45, 7) is 2.38. The number of aryl methyl sites for hydroxylation is 1. The maximum atomic E-state index is 12.0. The standard InChI is InChI=1S/C19H19N3O3/c1-14-7-5-6-8-15(14)11-12-20-17(23)13-22-19(24)25-18(21-22)16-9-3-2-4-10-16/h2-10H,11-13H2,1H3,(H,20,23). The summed E-state index contributed by atoms with van der Waals surface area (Å²) in [7, 11) is 0. The van der Waals surface area contributed by atoms with Crippen molar-refractivity contribution in [2.24, 2.45) is 0 Å². The first-order chi connectivity index (χ1) is 12.1. The third-order valence-electron chi connectivity index (χ3n) is 3.90. The first kappa shape index (κ1) is 16.7. The van der Waals surface area contributed by atoms with Gasteiger partial charge in [-0.15, -0.1) is 5.10 Å².